The highest BCUT2D eigenvalue weighted by molar-refractivity contribution is 5.76. The van der Waals surface area contributed by atoms with E-state index in [4.69, 9.17) is 9.47 Å². The summed E-state index contributed by atoms with van der Waals surface area (Å²) in [7, 11) is 1.60. The minimum Gasteiger partial charge on any atom is -0.493 e. The van der Waals surface area contributed by atoms with Gasteiger partial charge in [0.15, 0.2) is 11.5 Å². The van der Waals surface area contributed by atoms with Crippen molar-refractivity contribution in [3.63, 3.8) is 0 Å². The summed E-state index contributed by atoms with van der Waals surface area (Å²) < 4.78 is 11.2. The fourth-order valence-corrected chi connectivity index (χ4v) is 5.16. The first-order valence-electron chi connectivity index (χ1n) is 13.6. The van der Waals surface area contributed by atoms with Gasteiger partial charge < -0.3 is 14.4 Å². The van der Waals surface area contributed by atoms with Crippen molar-refractivity contribution in [3.05, 3.63) is 95.6 Å². The van der Waals surface area contributed by atoms with Gasteiger partial charge in [-0.05, 0) is 48.7 Å². The van der Waals surface area contributed by atoms with E-state index in [0.717, 1.165) is 38.9 Å². The number of hydrogen-bond acceptors (Lipinski definition) is 5. The number of unbranched alkanes of at least 4 members (excludes halogenated alkanes) is 4. The molecule has 196 valence electrons. The van der Waals surface area contributed by atoms with Gasteiger partial charge in [-0.1, -0.05) is 79.9 Å². The maximum atomic E-state index is 10.9. The SMILES string of the molecule is COc1cc(C=O)ccc1OCCCCCCCN1CCN(C(c2ccccc2)c2ccccc2)CC1. The average Bonchev–Trinajstić information content (AvgIpc) is 2.96. The van der Waals surface area contributed by atoms with Crippen LogP contribution in [0, 0.1) is 0 Å². The number of benzene rings is 3. The van der Waals surface area contributed by atoms with Gasteiger partial charge >= 0.3 is 0 Å². The number of aldehydes is 1. The number of methoxy groups -OCH3 is 1. The largest absolute Gasteiger partial charge is 0.493 e. The Labute approximate surface area is 222 Å². The van der Waals surface area contributed by atoms with Crippen LogP contribution in [0.5, 0.6) is 11.5 Å². The van der Waals surface area contributed by atoms with Crippen LogP contribution < -0.4 is 9.47 Å². The second kappa shape index (κ2) is 14.6. The maximum Gasteiger partial charge on any atom is 0.161 e. The van der Waals surface area contributed by atoms with E-state index in [1.165, 1.54) is 43.4 Å². The third-order valence-electron chi connectivity index (χ3n) is 7.20. The minimum atomic E-state index is 0.328. The highest BCUT2D eigenvalue weighted by atomic mass is 16.5. The predicted octanol–water partition coefficient (Wildman–Crippen LogP) is 6.24. The van der Waals surface area contributed by atoms with Gasteiger partial charge in [-0.3, -0.25) is 9.69 Å². The van der Waals surface area contributed by atoms with Crippen LogP contribution in [-0.2, 0) is 0 Å². The van der Waals surface area contributed by atoms with Crippen LogP contribution in [0.2, 0.25) is 0 Å². The predicted molar refractivity (Wildman–Crippen MR) is 150 cm³/mol. The molecular weight excluding hydrogens is 460 g/mol. The number of nitrogens with zero attached hydrogens (tertiary/aromatic N) is 2. The second-order valence-electron chi connectivity index (χ2n) is 9.75. The summed E-state index contributed by atoms with van der Waals surface area (Å²) >= 11 is 0. The summed E-state index contributed by atoms with van der Waals surface area (Å²) in [5, 5.41) is 0. The monoisotopic (exact) mass is 500 g/mol. The Kier molecular flexibility index (Phi) is 10.6. The Hall–Kier alpha value is -3.15. The Morgan fingerprint density at radius 1 is 0.757 bits per heavy atom. The van der Waals surface area contributed by atoms with Gasteiger partial charge in [0.05, 0.1) is 19.8 Å². The Morgan fingerprint density at radius 3 is 2.00 bits per heavy atom. The summed E-state index contributed by atoms with van der Waals surface area (Å²) in [6.45, 7) is 6.32. The first-order valence-corrected chi connectivity index (χ1v) is 13.6. The van der Waals surface area contributed by atoms with Crippen molar-refractivity contribution < 1.29 is 14.3 Å². The molecule has 1 aliphatic heterocycles. The fraction of sp³-hybridized carbons (Fsp3) is 0.406. The maximum absolute atomic E-state index is 10.9. The molecule has 1 saturated heterocycles. The zero-order chi connectivity index (χ0) is 25.7. The lowest BCUT2D eigenvalue weighted by Gasteiger charge is -2.39. The van der Waals surface area contributed by atoms with Gasteiger partial charge in [0.2, 0.25) is 0 Å². The summed E-state index contributed by atoms with van der Waals surface area (Å²) in [5.74, 6) is 1.32. The lowest BCUT2D eigenvalue weighted by molar-refractivity contribution is 0.108. The van der Waals surface area contributed by atoms with Crippen molar-refractivity contribution in [1.82, 2.24) is 9.80 Å². The van der Waals surface area contributed by atoms with Gasteiger partial charge in [0, 0.05) is 31.7 Å². The molecule has 0 amide bonds. The van der Waals surface area contributed by atoms with Crippen molar-refractivity contribution in [2.24, 2.45) is 0 Å². The minimum absolute atomic E-state index is 0.328. The molecule has 0 bridgehead atoms. The molecule has 3 aromatic carbocycles. The van der Waals surface area contributed by atoms with E-state index in [0.29, 0.717) is 29.7 Å². The highest BCUT2D eigenvalue weighted by Crippen LogP contribution is 2.30. The molecule has 0 saturated carbocycles. The van der Waals surface area contributed by atoms with E-state index in [1.807, 2.05) is 6.07 Å². The van der Waals surface area contributed by atoms with E-state index in [2.05, 4.69) is 70.5 Å². The van der Waals surface area contributed by atoms with Crippen LogP contribution in [0.1, 0.15) is 59.6 Å². The topological polar surface area (TPSA) is 42.0 Å². The van der Waals surface area contributed by atoms with Crippen molar-refractivity contribution >= 4 is 6.29 Å². The van der Waals surface area contributed by atoms with Crippen molar-refractivity contribution in [3.8, 4) is 11.5 Å². The second-order valence-corrected chi connectivity index (χ2v) is 9.75. The Balaban J connectivity index is 1.12. The molecule has 0 radical (unpaired) electrons. The van der Waals surface area contributed by atoms with Gasteiger partial charge in [-0.2, -0.15) is 0 Å². The number of rotatable bonds is 14. The number of hydrogen-bond donors (Lipinski definition) is 0. The third-order valence-corrected chi connectivity index (χ3v) is 7.20. The van der Waals surface area contributed by atoms with Crippen LogP contribution >= 0.6 is 0 Å². The zero-order valence-electron chi connectivity index (χ0n) is 22.1. The zero-order valence-corrected chi connectivity index (χ0v) is 22.1. The van der Waals surface area contributed by atoms with E-state index in [1.54, 1.807) is 19.2 Å². The molecule has 0 unspecified atom stereocenters. The molecule has 0 spiro atoms. The summed E-state index contributed by atoms with van der Waals surface area (Å²) in [6, 6.07) is 27.4. The molecule has 5 heteroatoms. The van der Waals surface area contributed by atoms with E-state index >= 15 is 0 Å². The molecule has 0 N–H and O–H groups in total. The number of piperazine rings is 1. The van der Waals surface area contributed by atoms with E-state index in [-0.39, 0.29) is 0 Å². The standard InChI is InChI=1S/C32H40N2O3/c1-36-31-25-27(26-35)17-18-30(31)37-24-12-4-2-3-11-19-33-20-22-34(23-21-33)32(28-13-7-5-8-14-28)29-15-9-6-10-16-29/h5-10,13-18,25-26,32H,2-4,11-12,19-24H2,1H3. The first kappa shape index (κ1) is 26.9. The average molecular weight is 501 g/mol. The lowest BCUT2D eigenvalue weighted by atomic mass is 9.96. The summed E-state index contributed by atoms with van der Waals surface area (Å²) in [5.41, 5.74) is 3.35. The van der Waals surface area contributed by atoms with Crippen LogP contribution in [0.25, 0.3) is 0 Å². The molecule has 1 fully saturated rings. The quantitative estimate of drug-likeness (QED) is 0.193. The third kappa shape index (κ3) is 7.91. The van der Waals surface area contributed by atoms with Gasteiger partial charge in [-0.25, -0.2) is 0 Å². The smallest absolute Gasteiger partial charge is 0.161 e. The summed E-state index contributed by atoms with van der Waals surface area (Å²) in [6.07, 6.45) is 6.75. The fourth-order valence-electron chi connectivity index (χ4n) is 5.16. The highest BCUT2D eigenvalue weighted by Gasteiger charge is 2.26. The molecular formula is C32H40N2O3. The first-order chi connectivity index (χ1) is 18.3. The molecule has 4 rings (SSSR count). The van der Waals surface area contributed by atoms with Crippen molar-refractivity contribution in [2.45, 2.75) is 38.1 Å². The normalized spacial score (nSPS) is 14.5. The molecule has 1 aliphatic rings. The molecule has 5 nitrogen and oxygen atoms in total. The van der Waals surface area contributed by atoms with E-state index in [9.17, 15) is 4.79 Å². The molecule has 0 atom stereocenters. The number of ether oxygens (including phenoxy) is 2. The molecule has 0 aliphatic carbocycles. The Bertz CT molecular complexity index is 1030. The van der Waals surface area contributed by atoms with Gasteiger partial charge in [0.25, 0.3) is 0 Å². The number of carbonyl (C=O) groups is 1. The van der Waals surface area contributed by atoms with Crippen molar-refractivity contribution in [1.29, 1.82) is 0 Å². The number of carbonyl (C=O) groups excluding carboxylic acids is 1. The Morgan fingerprint density at radius 2 is 1.38 bits per heavy atom. The molecule has 3 aromatic rings. The van der Waals surface area contributed by atoms with Crippen molar-refractivity contribution in [2.75, 3.05) is 46.4 Å². The lowest BCUT2D eigenvalue weighted by Crippen LogP contribution is -2.48. The molecule has 1 heterocycles. The summed E-state index contributed by atoms with van der Waals surface area (Å²) in [4.78, 5) is 16.2. The van der Waals surface area contributed by atoms with Gasteiger partial charge in [-0.15, -0.1) is 0 Å². The van der Waals surface area contributed by atoms with Crippen LogP contribution in [0.3, 0.4) is 0 Å². The molecule has 0 aromatic heterocycles. The van der Waals surface area contributed by atoms with Gasteiger partial charge in [0.1, 0.15) is 6.29 Å². The van der Waals surface area contributed by atoms with E-state index < -0.39 is 0 Å². The van der Waals surface area contributed by atoms with Crippen LogP contribution in [0.4, 0.5) is 0 Å². The van der Waals surface area contributed by atoms with Crippen LogP contribution in [0.15, 0.2) is 78.9 Å². The molecule has 37 heavy (non-hydrogen) atoms. The van der Waals surface area contributed by atoms with Crippen LogP contribution in [-0.4, -0.2) is 62.5 Å².